The van der Waals surface area contributed by atoms with E-state index < -0.39 is 69.0 Å². The van der Waals surface area contributed by atoms with E-state index in [9.17, 15) is 15.0 Å². The predicted molar refractivity (Wildman–Crippen MR) is 314 cm³/mol. The van der Waals surface area contributed by atoms with E-state index in [1.54, 1.807) is 6.08 Å². The fraction of sp³-hybridized carbons (Fsp3) is 0.671. The molecule has 9 saturated carbocycles. The summed E-state index contributed by atoms with van der Waals surface area (Å²) in [4.78, 5) is 29.8. The Morgan fingerprint density at radius 1 is 0.771 bits per heavy atom. The predicted octanol–water partition coefficient (Wildman–Crippen LogP) is 9.76. The van der Waals surface area contributed by atoms with Crippen molar-refractivity contribution in [1.82, 2.24) is 5.32 Å². The minimum absolute atomic E-state index is 0.0705. The lowest BCUT2D eigenvalue weighted by molar-refractivity contribution is -0.394. The smallest absolute Gasteiger partial charge is 0.331 e. The quantitative estimate of drug-likeness (QED) is 0.0842. The number of aliphatic hydroxyl groups is 5. The zero-order chi connectivity index (χ0) is 56.6. The molecule has 3 heterocycles. The van der Waals surface area contributed by atoms with Crippen molar-refractivity contribution >= 4 is 12.3 Å². The molecule has 12 bridgehead atoms. The number of ether oxygens (including phenoxy) is 2. The number of aldehydes is 1. The van der Waals surface area contributed by atoms with E-state index in [1.165, 1.54) is 23.1 Å². The van der Waals surface area contributed by atoms with Crippen molar-refractivity contribution in [3.8, 4) is 11.8 Å². The second-order valence-electron chi connectivity index (χ2n) is 30.4. The second-order valence-corrected chi connectivity index (χ2v) is 30.4. The molecule has 440 valence electrons. The first kappa shape index (κ1) is 54.2. The van der Waals surface area contributed by atoms with Crippen molar-refractivity contribution in [3.63, 3.8) is 0 Å². The molecule has 3 aromatic rings. The number of hydrogen-bond donors (Lipinski definition) is 6. The monoisotopic (exact) mass is 1120 g/mol. The van der Waals surface area contributed by atoms with E-state index in [2.05, 4.69) is 78.7 Å². The molecule has 17 rings (SSSR count). The van der Waals surface area contributed by atoms with Gasteiger partial charge in [-0.1, -0.05) is 85.5 Å². The van der Waals surface area contributed by atoms with Gasteiger partial charge in [0.05, 0.1) is 35.9 Å². The van der Waals surface area contributed by atoms with Gasteiger partial charge in [-0.05, 0) is 234 Å². The van der Waals surface area contributed by atoms with Gasteiger partial charge in [0, 0.05) is 58.6 Å². The Labute approximate surface area is 491 Å². The summed E-state index contributed by atoms with van der Waals surface area (Å²) >= 11 is 0. The zero-order valence-electron chi connectivity index (χ0n) is 49.0. The van der Waals surface area contributed by atoms with Gasteiger partial charge >= 0.3 is 5.97 Å². The van der Waals surface area contributed by atoms with Crippen LogP contribution >= 0.6 is 0 Å². The van der Waals surface area contributed by atoms with Crippen LogP contribution in [0.25, 0.3) is 0 Å². The molecule has 14 aliphatic rings. The number of carbonyl (C=O) groups is 2. The first-order valence-corrected chi connectivity index (χ1v) is 33.1. The average Bonchev–Trinajstić information content (AvgIpc) is 1.65. The van der Waals surface area contributed by atoms with E-state index in [4.69, 9.17) is 9.47 Å². The standard InChI is InChI=1S/C73H89NO9/c1-41-47-18-17-44(28-47)27-42-10-8-11-43(26-42)29-54-34-53-31-51-30-49(45-12-4-3-5-13-45)20-21-58(51)70(53)39-69(40-76)62-23-25-68-24-7-6-14-46-15-9-16-50(38-75)55(46)35-61(74-2)56-32-52(64(68)57-36-63(77)83-65(56)57)37-71(68,79)73(62,81)66(78)60-33-48(41)19-22-59(67(70)82-54)72(60,69)80/h3-5,8-13,15-16,26,36,40-41,44,47-49,51-54,56,58-62,64-67,74-75,78-81H,7,17-25,27-35,37-39H2,1-2H3. The van der Waals surface area contributed by atoms with Crippen molar-refractivity contribution in [2.75, 3.05) is 7.05 Å². The topological polar surface area (TPSA) is 166 Å². The molecular weight excluding hydrogens is 1030 g/mol. The third kappa shape index (κ3) is 7.28. The summed E-state index contributed by atoms with van der Waals surface area (Å²) in [5.41, 5.74) is -1.30. The summed E-state index contributed by atoms with van der Waals surface area (Å²) in [6, 6.07) is 26.1. The highest BCUT2D eigenvalue weighted by atomic mass is 16.5. The van der Waals surface area contributed by atoms with Crippen LogP contribution in [0.3, 0.4) is 0 Å². The van der Waals surface area contributed by atoms with Crippen LogP contribution in [-0.4, -0.2) is 92.1 Å². The Hall–Kier alpha value is -4.18. The summed E-state index contributed by atoms with van der Waals surface area (Å²) in [5.74, 6) is 6.32. The Balaban J connectivity index is 0.882. The van der Waals surface area contributed by atoms with Crippen molar-refractivity contribution in [2.24, 2.45) is 93.2 Å². The van der Waals surface area contributed by atoms with Crippen LogP contribution in [0.1, 0.15) is 162 Å². The maximum Gasteiger partial charge on any atom is 0.331 e. The molecule has 2 spiro atoms. The van der Waals surface area contributed by atoms with Crippen molar-refractivity contribution < 1.29 is 44.6 Å². The minimum atomic E-state index is -2.21. The largest absolute Gasteiger partial charge is 0.454 e. The van der Waals surface area contributed by atoms with Gasteiger partial charge in [-0.2, -0.15) is 0 Å². The number of nitrogens with one attached hydrogen (secondary N) is 1. The number of esters is 1. The van der Waals surface area contributed by atoms with E-state index in [0.717, 1.165) is 92.8 Å². The SMILES string of the molecule is CNC1Cc2c(cccc2CO)C#CCCC23CCC4C5(C=O)CC67C(CC8Cc9cccc(c9)CC9CCC(C9)C(C)C9CCC(C6O8)C5(O)C(C9)C(O)C4(O)C2(O)CC2CC1C1OC(=O)C=C1C23)CC1CC(c2ccccc2)CCC17. The van der Waals surface area contributed by atoms with Crippen LogP contribution in [0, 0.1) is 105 Å². The molecule has 25 unspecified atom stereocenters. The summed E-state index contributed by atoms with van der Waals surface area (Å²) in [5, 5.41) is 74.1. The normalized spacial score (nSPS) is 49.6. The zero-order valence-corrected chi connectivity index (χ0v) is 49.0. The molecule has 1 saturated heterocycles. The molecule has 0 amide bonds. The Bertz CT molecular complexity index is 3190. The van der Waals surface area contributed by atoms with E-state index in [-0.39, 0.29) is 72.7 Å². The molecule has 10 heteroatoms. The number of likely N-dealkylation sites (N-methyl/N-ethyl adjacent to an activating group) is 1. The van der Waals surface area contributed by atoms with Gasteiger partial charge in [0.2, 0.25) is 0 Å². The van der Waals surface area contributed by atoms with Crippen molar-refractivity contribution in [1.29, 1.82) is 0 Å². The minimum Gasteiger partial charge on any atom is -0.454 e. The highest BCUT2D eigenvalue weighted by Crippen LogP contribution is 2.81. The molecule has 0 aromatic heterocycles. The Kier molecular flexibility index (Phi) is 12.7. The third-order valence-electron chi connectivity index (χ3n) is 28.0. The first-order valence-electron chi connectivity index (χ1n) is 33.1. The van der Waals surface area contributed by atoms with Gasteiger partial charge < -0.3 is 45.1 Å². The molecule has 6 N–H and O–H groups in total. The third-order valence-corrected chi connectivity index (χ3v) is 28.0. The number of carbonyl (C=O) groups excluding carboxylic acids is 2. The second kappa shape index (κ2) is 19.4. The fourth-order valence-electron chi connectivity index (χ4n) is 25.0. The molecule has 3 aliphatic heterocycles. The van der Waals surface area contributed by atoms with E-state index >= 15 is 20.1 Å². The van der Waals surface area contributed by atoms with Gasteiger partial charge in [-0.25, -0.2) is 4.79 Å². The number of rotatable bonds is 4. The van der Waals surface area contributed by atoms with Gasteiger partial charge in [-0.15, -0.1) is 0 Å². The van der Waals surface area contributed by atoms with Crippen LogP contribution in [0.5, 0.6) is 0 Å². The first-order chi connectivity index (χ1) is 40.2. The summed E-state index contributed by atoms with van der Waals surface area (Å²) in [6.45, 7) is 2.31. The van der Waals surface area contributed by atoms with Crippen LogP contribution in [-0.2, 0) is 44.9 Å². The van der Waals surface area contributed by atoms with E-state index in [1.807, 2.05) is 25.2 Å². The summed E-state index contributed by atoms with van der Waals surface area (Å²) < 4.78 is 14.4. The Morgan fingerprint density at radius 2 is 1.57 bits per heavy atom. The molecule has 3 aromatic carbocycles. The maximum atomic E-state index is 15.9. The van der Waals surface area contributed by atoms with Gasteiger partial charge in [0.1, 0.15) is 23.6 Å². The molecule has 10 nitrogen and oxygen atoms in total. The summed E-state index contributed by atoms with van der Waals surface area (Å²) in [6.07, 6.45) is 15.9. The van der Waals surface area contributed by atoms with Crippen molar-refractivity contribution in [2.45, 2.75) is 202 Å². The fourth-order valence-corrected chi connectivity index (χ4v) is 25.0. The Morgan fingerprint density at radius 3 is 2.39 bits per heavy atom. The number of fused-ring (bicyclic) bond motifs is 14. The van der Waals surface area contributed by atoms with Gasteiger partial charge in [-0.3, -0.25) is 0 Å². The maximum absolute atomic E-state index is 15.9. The molecule has 25 atom stereocenters. The van der Waals surface area contributed by atoms with E-state index in [0.29, 0.717) is 81.5 Å². The molecule has 0 radical (unpaired) electrons. The van der Waals surface area contributed by atoms with Gasteiger partial charge in [0.25, 0.3) is 0 Å². The number of benzene rings is 3. The van der Waals surface area contributed by atoms with Crippen LogP contribution in [0.15, 0.2) is 84.4 Å². The highest BCUT2D eigenvalue weighted by Gasteiger charge is 2.88. The lowest BCUT2D eigenvalue weighted by atomic mass is 9.31. The molecule has 83 heavy (non-hydrogen) atoms. The molecule has 10 fully saturated rings. The highest BCUT2D eigenvalue weighted by molar-refractivity contribution is 5.86. The lowest BCUT2D eigenvalue weighted by Gasteiger charge is -2.76. The number of hydrogen-bond acceptors (Lipinski definition) is 10. The number of aliphatic hydroxyl groups excluding tert-OH is 2. The van der Waals surface area contributed by atoms with Gasteiger partial charge in [0.15, 0.2) is 0 Å². The molecule has 11 aliphatic carbocycles. The van der Waals surface area contributed by atoms with Crippen molar-refractivity contribution in [3.05, 3.63) is 118 Å². The average molecular weight is 1120 g/mol. The summed E-state index contributed by atoms with van der Waals surface area (Å²) in [7, 11) is 1.95. The molecular formula is C73H89NO9. The lowest BCUT2D eigenvalue weighted by Crippen LogP contribution is -2.87. The van der Waals surface area contributed by atoms with Crippen LogP contribution in [0.4, 0.5) is 0 Å². The van der Waals surface area contributed by atoms with Crippen LogP contribution in [0.2, 0.25) is 0 Å². The van der Waals surface area contributed by atoms with Crippen LogP contribution < -0.4 is 5.32 Å².